The molecule has 1 fully saturated rings. The highest BCUT2D eigenvalue weighted by Gasteiger charge is 2.49. The van der Waals surface area contributed by atoms with Crippen LogP contribution in [0.4, 0.5) is 37.6 Å². The first kappa shape index (κ1) is 39.9. The fraction of sp³-hybridized carbons (Fsp3) is 0.316. The van der Waals surface area contributed by atoms with Gasteiger partial charge in [0.2, 0.25) is 5.91 Å². The molecule has 2 aliphatic rings. The van der Waals surface area contributed by atoms with Gasteiger partial charge in [-0.25, -0.2) is 28.6 Å². The number of nitrogens with two attached hydrogens (primary N) is 1. The minimum Gasteiger partial charge on any atom is -0.376 e. The average molecular weight is 822 g/mol. The molecule has 0 radical (unpaired) electrons. The first-order valence-electron chi connectivity index (χ1n) is 17.9. The Bertz CT molecular complexity index is 2590. The molecule has 3 amide bonds. The molecule has 4 aromatic heterocycles. The number of aromatic amines is 1. The Kier molecular flexibility index (Phi) is 10.5. The van der Waals surface area contributed by atoms with Crippen molar-refractivity contribution in [3.05, 3.63) is 112 Å². The molecule has 0 saturated carbocycles. The number of amides is 3. The molecule has 6 heterocycles. The normalized spacial score (nSPS) is 17.7. The van der Waals surface area contributed by atoms with Gasteiger partial charge in [0, 0.05) is 30.9 Å². The Labute approximate surface area is 330 Å². The van der Waals surface area contributed by atoms with Gasteiger partial charge in [0.15, 0.2) is 5.13 Å². The van der Waals surface area contributed by atoms with Crippen LogP contribution in [-0.4, -0.2) is 70.5 Å². The summed E-state index contributed by atoms with van der Waals surface area (Å²) in [7, 11) is 1.76. The lowest BCUT2D eigenvalue weighted by atomic mass is 9.83. The minimum absolute atomic E-state index is 0.104. The van der Waals surface area contributed by atoms with E-state index in [1.165, 1.54) is 47.8 Å². The molecule has 0 aliphatic carbocycles. The zero-order valence-electron chi connectivity index (χ0n) is 31.4. The number of thiazole rings is 1. The number of carbonyl (C=O) groups is 2. The van der Waals surface area contributed by atoms with Crippen LogP contribution < -0.4 is 21.9 Å². The van der Waals surface area contributed by atoms with E-state index < -0.39 is 52.9 Å². The second-order valence-electron chi connectivity index (χ2n) is 14.4. The number of carbonyl (C=O) groups excluding carboxylic acids is 2. The van der Waals surface area contributed by atoms with Gasteiger partial charge in [-0.1, -0.05) is 23.5 Å². The molecule has 20 heteroatoms. The van der Waals surface area contributed by atoms with Crippen LogP contribution >= 0.6 is 11.3 Å². The van der Waals surface area contributed by atoms with Crippen molar-refractivity contribution < 1.29 is 31.5 Å². The maximum Gasteiger partial charge on any atom is 0.399 e. The standard InChI is InChI=1S/C19H22F3N5O2S.C19H14F2N6O/c1-10-14(11-6-7-24-13(9-11)18(2,3)19(20,21)22)30-16(25-10)26-17(29)27-8-4-5-12(27)15(23)28;1-27-18(22-8-23-27)15-16(9-2-4-10(20)5-3-9)24-13-7-11(21)6-12-14(13)17(15)25-26-19(12)28/h6-7,9,12H,4-5,8H2,1-3H3,(H2,23,28)(H,25,26,29);2-8,15-16,24H,1H3,(H,26,28)/t;15-,16-/m.1/s1. The lowest BCUT2D eigenvalue weighted by Gasteiger charge is -2.33. The summed E-state index contributed by atoms with van der Waals surface area (Å²) >= 11 is 1.14. The second kappa shape index (κ2) is 15.2. The maximum atomic E-state index is 14.1. The van der Waals surface area contributed by atoms with Gasteiger partial charge in [0.05, 0.1) is 39.3 Å². The Balaban J connectivity index is 0.000000177. The number of halogens is 5. The number of alkyl halides is 3. The zero-order valence-corrected chi connectivity index (χ0v) is 32.2. The van der Waals surface area contributed by atoms with E-state index in [1.807, 2.05) is 0 Å². The molecule has 0 bridgehead atoms. The average Bonchev–Trinajstić information content (AvgIpc) is 3.93. The highest BCUT2D eigenvalue weighted by atomic mass is 32.1. The number of nitrogens with one attached hydrogen (secondary N) is 3. The van der Waals surface area contributed by atoms with Crippen LogP contribution in [0.15, 0.2) is 65.8 Å². The molecule has 1 unspecified atom stereocenters. The molecular formula is C38H36F5N11O3S. The van der Waals surface area contributed by atoms with E-state index in [4.69, 9.17) is 5.73 Å². The number of pyridine rings is 1. The summed E-state index contributed by atoms with van der Waals surface area (Å²) in [4.78, 5) is 50.8. The van der Waals surface area contributed by atoms with Gasteiger partial charge < -0.3 is 16.0 Å². The summed E-state index contributed by atoms with van der Waals surface area (Å²) in [6.07, 6.45) is -0.498. The van der Waals surface area contributed by atoms with Gasteiger partial charge in [-0.05, 0) is 81.1 Å². The molecule has 2 aromatic carbocycles. The number of rotatable bonds is 6. The monoisotopic (exact) mass is 821 g/mol. The molecule has 0 spiro atoms. The van der Waals surface area contributed by atoms with Crippen LogP contribution in [0.5, 0.6) is 0 Å². The molecule has 302 valence electrons. The van der Waals surface area contributed by atoms with Crippen LogP contribution in [0.3, 0.4) is 0 Å². The number of urea groups is 1. The summed E-state index contributed by atoms with van der Waals surface area (Å²) in [5.41, 5.74) is 5.52. The van der Waals surface area contributed by atoms with Crippen molar-refractivity contribution in [3.8, 4) is 10.4 Å². The van der Waals surface area contributed by atoms with Crippen molar-refractivity contribution in [2.45, 2.75) is 63.2 Å². The summed E-state index contributed by atoms with van der Waals surface area (Å²) in [5.74, 6) is -1.28. The number of nitrogens with zero attached hydrogens (tertiary/aromatic N) is 7. The number of aromatic nitrogens is 7. The Morgan fingerprint density at radius 2 is 1.78 bits per heavy atom. The van der Waals surface area contributed by atoms with Gasteiger partial charge in [-0.15, -0.1) is 0 Å². The number of benzene rings is 2. The number of anilines is 2. The smallest absolute Gasteiger partial charge is 0.376 e. The van der Waals surface area contributed by atoms with Crippen LogP contribution in [0.1, 0.15) is 67.1 Å². The number of likely N-dealkylation sites (tertiary alicyclic amines) is 1. The third-order valence-electron chi connectivity index (χ3n) is 10.3. The first-order chi connectivity index (χ1) is 27.4. The Hall–Kier alpha value is -6.31. The quantitative estimate of drug-likeness (QED) is 0.137. The van der Waals surface area contributed by atoms with E-state index in [-0.39, 0.29) is 22.0 Å². The number of hydrogen-bond acceptors (Lipinski definition) is 10. The van der Waals surface area contributed by atoms with Gasteiger partial charge in [-0.3, -0.25) is 24.6 Å². The minimum atomic E-state index is -4.45. The van der Waals surface area contributed by atoms with Crippen molar-refractivity contribution in [1.82, 2.24) is 39.8 Å². The lowest BCUT2D eigenvalue weighted by Crippen LogP contribution is -2.45. The second-order valence-corrected chi connectivity index (χ2v) is 15.4. The highest BCUT2D eigenvalue weighted by Crippen LogP contribution is 2.46. The summed E-state index contributed by atoms with van der Waals surface area (Å²) in [6, 6.07) is 10.0. The largest absolute Gasteiger partial charge is 0.399 e. The van der Waals surface area contributed by atoms with Crippen molar-refractivity contribution in [1.29, 1.82) is 0 Å². The van der Waals surface area contributed by atoms with E-state index in [0.717, 1.165) is 30.7 Å². The SMILES string of the molecule is Cc1nc(NC(=O)N2CCCC2C(N)=O)sc1-c1ccnc(C(C)(C)C(F)(F)F)c1.Cn1ncnc1[C@H]1c2n[nH]c(=O)c3cc(F)cc(c23)N[C@@H]1c1ccc(F)cc1. The third-order valence-corrected chi connectivity index (χ3v) is 11.4. The summed E-state index contributed by atoms with van der Waals surface area (Å²) in [5, 5.41) is 17.9. The van der Waals surface area contributed by atoms with Gasteiger partial charge in [0.1, 0.15) is 35.2 Å². The summed E-state index contributed by atoms with van der Waals surface area (Å²) in [6.45, 7) is 4.28. The van der Waals surface area contributed by atoms with E-state index in [1.54, 1.807) is 36.9 Å². The molecule has 5 N–H and O–H groups in total. The Morgan fingerprint density at radius 3 is 2.45 bits per heavy atom. The molecule has 1 saturated heterocycles. The van der Waals surface area contributed by atoms with Crippen LogP contribution in [0.2, 0.25) is 0 Å². The molecule has 14 nitrogen and oxygen atoms in total. The fourth-order valence-electron chi connectivity index (χ4n) is 7.09. The number of aryl methyl sites for hydroxylation is 2. The zero-order chi connectivity index (χ0) is 41.7. The highest BCUT2D eigenvalue weighted by molar-refractivity contribution is 7.19. The number of primary amides is 1. The van der Waals surface area contributed by atoms with E-state index in [2.05, 4.69) is 40.9 Å². The van der Waals surface area contributed by atoms with Gasteiger partial charge in [0.25, 0.3) is 5.56 Å². The predicted octanol–water partition coefficient (Wildman–Crippen LogP) is 6.46. The van der Waals surface area contributed by atoms with Crippen molar-refractivity contribution >= 4 is 44.9 Å². The van der Waals surface area contributed by atoms with Crippen LogP contribution in [0.25, 0.3) is 21.2 Å². The number of hydrogen-bond donors (Lipinski definition) is 4. The van der Waals surface area contributed by atoms with Crippen LogP contribution in [0, 0.1) is 18.6 Å². The van der Waals surface area contributed by atoms with E-state index in [0.29, 0.717) is 58.1 Å². The first-order valence-corrected chi connectivity index (χ1v) is 18.7. The molecule has 3 atom stereocenters. The maximum absolute atomic E-state index is 14.1. The predicted molar refractivity (Wildman–Crippen MR) is 205 cm³/mol. The van der Waals surface area contributed by atoms with Gasteiger partial charge >= 0.3 is 12.2 Å². The summed E-state index contributed by atoms with van der Waals surface area (Å²) < 4.78 is 69.4. The lowest BCUT2D eigenvalue weighted by molar-refractivity contribution is -0.181. The molecule has 2 aliphatic heterocycles. The molecule has 58 heavy (non-hydrogen) atoms. The van der Waals surface area contributed by atoms with E-state index in [9.17, 15) is 36.3 Å². The number of H-pyrrole nitrogens is 1. The topological polar surface area (TPSA) is 190 Å². The molecule has 6 aromatic rings. The van der Waals surface area contributed by atoms with Gasteiger partial charge in [-0.2, -0.15) is 23.4 Å². The molecule has 8 rings (SSSR count). The van der Waals surface area contributed by atoms with Crippen molar-refractivity contribution in [2.24, 2.45) is 12.8 Å². The van der Waals surface area contributed by atoms with Crippen molar-refractivity contribution in [3.63, 3.8) is 0 Å². The van der Waals surface area contributed by atoms with Crippen molar-refractivity contribution in [2.75, 3.05) is 17.2 Å². The Morgan fingerprint density at radius 1 is 1.03 bits per heavy atom. The third kappa shape index (κ3) is 7.46. The molecular weight excluding hydrogens is 786 g/mol. The van der Waals surface area contributed by atoms with Crippen LogP contribution in [-0.2, 0) is 17.3 Å². The van der Waals surface area contributed by atoms with E-state index >= 15 is 0 Å². The fourth-order valence-corrected chi connectivity index (χ4v) is 8.04.